The maximum Gasteiger partial charge on any atom is 0.255 e. The summed E-state index contributed by atoms with van der Waals surface area (Å²) in [7, 11) is -4.33. The Bertz CT molecular complexity index is 1130. The Hall–Kier alpha value is -2.99. The molecule has 2 rings (SSSR count). The van der Waals surface area contributed by atoms with Crippen LogP contribution in [0, 0.1) is 0 Å². The molecule has 0 aromatic heterocycles. The number of sulfonamides is 2. The Morgan fingerprint density at radius 2 is 1.38 bits per heavy atom. The largest absolute Gasteiger partial charge is 0.495 e. The predicted octanol–water partition coefficient (Wildman–Crippen LogP) is 1.70. The first kappa shape index (κ1) is 22.3. The summed E-state index contributed by atoms with van der Waals surface area (Å²) < 4.78 is 60.7. The van der Waals surface area contributed by atoms with E-state index in [9.17, 15) is 21.6 Å². The zero-order valence-electron chi connectivity index (χ0n) is 16.1. The Balaban J connectivity index is 2.29. The van der Waals surface area contributed by atoms with Crippen molar-refractivity contribution in [2.75, 3.05) is 41.5 Å². The second-order valence-electron chi connectivity index (χ2n) is 6.03. The lowest BCUT2D eigenvalue weighted by molar-refractivity contribution is 0.102. The first-order valence-electron chi connectivity index (χ1n) is 8.05. The summed E-state index contributed by atoms with van der Waals surface area (Å²) in [6, 6.07) is 8.66. The molecule has 3 N–H and O–H groups in total. The third kappa shape index (κ3) is 6.54. The molecule has 0 atom stereocenters. The molecule has 0 unspecified atom stereocenters. The normalized spacial score (nSPS) is 11.4. The van der Waals surface area contributed by atoms with Crippen molar-refractivity contribution in [3.63, 3.8) is 0 Å². The summed E-state index contributed by atoms with van der Waals surface area (Å²) in [5, 5.41) is 2.63. The van der Waals surface area contributed by atoms with Gasteiger partial charge in [0.15, 0.2) is 0 Å². The molecule has 10 nitrogen and oxygen atoms in total. The van der Waals surface area contributed by atoms with Crippen LogP contribution in [0.25, 0.3) is 0 Å². The van der Waals surface area contributed by atoms with E-state index in [4.69, 9.17) is 9.47 Å². The molecule has 2 aromatic rings. The van der Waals surface area contributed by atoms with Crippen molar-refractivity contribution < 1.29 is 31.1 Å². The van der Waals surface area contributed by atoms with E-state index in [0.717, 1.165) is 12.5 Å². The van der Waals surface area contributed by atoms with Gasteiger partial charge >= 0.3 is 0 Å². The zero-order chi connectivity index (χ0) is 21.8. The lowest BCUT2D eigenvalue weighted by Gasteiger charge is -2.14. The first-order chi connectivity index (χ1) is 13.4. The van der Waals surface area contributed by atoms with Crippen LogP contribution in [0.1, 0.15) is 10.4 Å². The molecule has 2 aromatic carbocycles. The van der Waals surface area contributed by atoms with Gasteiger partial charge in [0, 0.05) is 11.3 Å². The maximum atomic E-state index is 12.6. The molecule has 0 heterocycles. The van der Waals surface area contributed by atoms with Gasteiger partial charge in [-0.2, -0.15) is 0 Å². The number of carbonyl (C=O) groups excluding carboxylic acids is 1. The molecule has 0 aliphatic carbocycles. The van der Waals surface area contributed by atoms with E-state index in [2.05, 4.69) is 14.8 Å². The van der Waals surface area contributed by atoms with E-state index in [1.54, 1.807) is 6.07 Å². The molecular formula is C17H21N3O7S2. The fourth-order valence-corrected chi connectivity index (χ4v) is 3.51. The van der Waals surface area contributed by atoms with E-state index in [0.29, 0.717) is 5.69 Å². The lowest BCUT2D eigenvalue weighted by atomic mass is 10.1. The van der Waals surface area contributed by atoms with Crippen molar-refractivity contribution in [3.05, 3.63) is 42.0 Å². The van der Waals surface area contributed by atoms with E-state index >= 15 is 0 Å². The van der Waals surface area contributed by atoms with E-state index in [1.807, 2.05) is 0 Å². The molecule has 12 heteroatoms. The molecule has 29 heavy (non-hydrogen) atoms. The fourth-order valence-electron chi connectivity index (χ4n) is 2.39. The van der Waals surface area contributed by atoms with Crippen LogP contribution >= 0.6 is 0 Å². The van der Waals surface area contributed by atoms with Crippen LogP contribution in [-0.2, 0) is 20.0 Å². The molecule has 0 fully saturated rings. The van der Waals surface area contributed by atoms with Crippen LogP contribution in [0.3, 0.4) is 0 Å². The molecule has 1 amide bonds. The van der Waals surface area contributed by atoms with Crippen molar-refractivity contribution in [3.8, 4) is 11.5 Å². The van der Waals surface area contributed by atoms with Gasteiger partial charge in [-0.25, -0.2) is 16.8 Å². The molecule has 0 radical (unpaired) electrons. The first-order valence-corrected chi connectivity index (χ1v) is 11.8. The summed E-state index contributed by atoms with van der Waals surface area (Å²) in [5.74, 6) is -0.0618. The number of amides is 1. The van der Waals surface area contributed by atoms with E-state index in [-0.39, 0.29) is 28.4 Å². The summed E-state index contributed by atoms with van der Waals surface area (Å²) >= 11 is 0. The molecule has 0 aliphatic rings. The number of ether oxygens (including phenoxy) is 2. The number of hydrogen-bond acceptors (Lipinski definition) is 7. The van der Waals surface area contributed by atoms with Gasteiger partial charge in [0.1, 0.15) is 11.5 Å². The van der Waals surface area contributed by atoms with Crippen LogP contribution in [0.5, 0.6) is 11.5 Å². The van der Waals surface area contributed by atoms with Crippen molar-refractivity contribution in [1.29, 1.82) is 0 Å². The second-order valence-corrected chi connectivity index (χ2v) is 9.53. The molecule has 0 saturated heterocycles. The highest BCUT2D eigenvalue weighted by molar-refractivity contribution is 7.92. The van der Waals surface area contributed by atoms with Gasteiger partial charge in [-0.05, 0) is 36.4 Å². The number of hydrogen-bond donors (Lipinski definition) is 3. The highest BCUT2D eigenvalue weighted by atomic mass is 32.2. The third-order valence-corrected chi connectivity index (χ3v) is 4.69. The van der Waals surface area contributed by atoms with Gasteiger partial charge in [-0.3, -0.25) is 14.2 Å². The van der Waals surface area contributed by atoms with Crippen LogP contribution < -0.4 is 24.2 Å². The molecule has 0 aliphatic heterocycles. The minimum absolute atomic E-state index is 0.164. The Morgan fingerprint density at radius 1 is 0.793 bits per heavy atom. The smallest absolute Gasteiger partial charge is 0.255 e. The second kappa shape index (κ2) is 8.57. The Labute approximate surface area is 169 Å². The fraction of sp³-hybridized carbons (Fsp3) is 0.235. The standard InChI is InChI=1S/C17H21N3O7S2/c1-26-15-8-6-12(10-14(15)20-29(4,24)25)18-17(21)11-5-7-13(16(9-11)27-2)19-28(3,22)23/h5-10,19-20H,1-4H3,(H,18,21). The quantitative estimate of drug-likeness (QED) is 0.564. The molecule has 0 saturated carbocycles. The van der Waals surface area contributed by atoms with Gasteiger partial charge in [0.05, 0.1) is 38.1 Å². The predicted molar refractivity (Wildman–Crippen MR) is 111 cm³/mol. The molecule has 158 valence electrons. The SMILES string of the molecule is COc1ccc(NC(=O)c2ccc(NS(C)(=O)=O)c(OC)c2)cc1NS(C)(=O)=O. The van der Waals surface area contributed by atoms with Gasteiger partial charge < -0.3 is 14.8 Å². The van der Waals surface area contributed by atoms with Gasteiger partial charge in [-0.15, -0.1) is 0 Å². The number of anilines is 3. The monoisotopic (exact) mass is 443 g/mol. The van der Waals surface area contributed by atoms with Crippen molar-refractivity contribution in [1.82, 2.24) is 0 Å². The number of carbonyl (C=O) groups is 1. The summed E-state index contributed by atoms with van der Waals surface area (Å²) in [6.07, 6.45) is 1.99. The Morgan fingerprint density at radius 3 is 1.93 bits per heavy atom. The van der Waals surface area contributed by atoms with Gasteiger partial charge in [0.25, 0.3) is 5.91 Å². The molecular weight excluding hydrogens is 422 g/mol. The highest BCUT2D eigenvalue weighted by Crippen LogP contribution is 2.30. The number of rotatable bonds is 8. The Kier molecular flexibility index (Phi) is 6.59. The number of benzene rings is 2. The van der Waals surface area contributed by atoms with Crippen LogP contribution in [0.2, 0.25) is 0 Å². The van der Waals surface area contributed by atoms with Gasteiger partial charge in [0.2, 0.25) is 20.0 Å². The van der Waals surface area contributed by atoms with Crippen molar-refractivity contribution in [2.24, 2.45) is 0 Å². The van der Waals surface area contributed by atoms with Crippen LogP contribution in [0.4, 0.5) is 17.1 Å². The third-order valence-electron chi connectivity index (χ3n) is 3.51. The zero-order valence-corrected chi connectivity index (χ0v) is 17.8. The lowest BCUT2D eigenvalue weighted by Crippen LogP contribution is -2.15. The average Bonchev–Trinajstić information content (AvgIpc) is 2.59. The number of methoxy groups -OCH3 is 2. The van der Waals surface area contributed by atoms with Crippen molar-refractivity contribution >= 4 is 43.0 Å². The average molecular weight is 444 g/mol. The maximum absolute atomic E-state index is 12.6. The van der Waals surface area contributed by atoms with E-state index in [1.165, 1.54) is 44.6 Å². The van der Waals surface area contributed by atoms with Crippen LogP contribution in [0.15, 0.2) is 36.4 Å². The minimum Gasteiger partial charge on any atom is -0.495 e. The highest BCUT2D eigenvalue weighted by Gasteiger charge is 2.15. The topological polar surface area (TPSA) is 140 Å². The van der Waals surface area contributed by atoms with E-state index < -0.39 is 26.0 Å². The number of nitrogens with one attached hydrogen (secondary N) is 3. The summed E-state index contributed by atoms with van der Waals surface area (Å²) in [5.41, 5.74) is 0.877. The van der Waals surface area contributed by atoms with Gasteiger partial charge in [-0.1, -0.05) is 0 Å². The minimum atomic E-state index is -3.55. The molecule has 0 bridgehead atoms. The van der Waals surface area contributed by atoms with Crippen LogP contribution in [-0.4, -0.2) is 49.5 Å². The summed E-state index contributed by atoms with van der Waals surface area (Å²) in [4.78, 5) is 12.6. The summed E-state index contributed by atoms with van der Waals surface area (Å²) in [6.45, 7) is 0. The molecule has 0 spiro atoms. The van der Waals surface area contributed by atoms with Crippen molar-refractivity contribution in [2.45, 2.75) is 0 Å².